The third kappa shape index (κ3) is 3.06. The van der Waals surface area contributed by atoms with Gasteiger partial charge in [-0.1, -0.05) is 6.07 Å². The molecular formula is C22H26N4O3S. The molecule has 1 saturated heterocycles. The first-order valence-electron chi connectivity index (χ1n) is 10.3. The molecule has 0 unspecified atom stereocenters. The molecule has 1 aromatic carbocycles. The SMILES string of the molecule is CN(C)C1CCN(c2cn(S(=O)(=O)c3cccc4c3CCO4)c3cccnc23)CC1. The molecular weight excluding hydrogens is 400 g/mol. The number of piperidine rings is 1. The van der Waals surface area contributed by atoms with Gasteiger partial charge in [0.1, 0.15) is 11.3 Å². The van der Waals surface area contributed by atoms with Gasteiger partial charge in [-0.25, -0.2) is 12.4 Å². The van der Waals surface area contributed by atoms with E-state index in [1.165, 1.54) is 3.97 Å². The maximum absolute atomic E-state index is 13.7. The van der Waals surface area contributed by atoms with E-state index in [0.717, 1.165) is 42.7 Å². The number of anilines is 1. The highest BCUT2D eigenvalue weighted by Gasteiger charge is 2.30. The van der Waals surface area contributed by atoms with Crippen LogP contribution in [0.2, 0.25) is 0 Å². The molecule has 0 N–H and O–H groups in total. The summed E-state index contributed by atoms with van der Waals surface area (Å²) in [6.07, 6.45) is 6.17. The molecule has 1 fully saturated rings. The molecule has 4 heterocycles. The molecule has 30 heavy (non-hydrogen) atoms. The molecule has 0 bridgehead atoms. The zero-order valence-electron chi connectivity index (χ0n) is 17.3. The Kier molecular flexibility index (Phi) is 4.71. The van der Waals surface area contributed by atoms with Gasteiger partial charge >= 0.3 is 0 Å². The van der Waals surface area contributed by atoms with Gasteiger partial charge in [0.25, 0.3) is 10.0 Å². The summed E-state index contributed by atoms with van der Waals surface area (Å²) >= 11 is 0. The second-order valence-electron chi connectivity index (χ2n) is 8.20. The molecule has 7 nitrogen and oxygen atoms in total. The average molecular weight is 427 g/mol. The van der Waals surface area contributed by atoms with Crippen molar-refractivity contribution in [3.8, 4) is 5.75 Å². The van der Waals surface area contributed by atoms with Crippen molar-refractivity contribution >= 4 is 26.7 Å². The normalized spacial score (nSPS) is 17.5. The fraction of sp³-hybridized carbons (Fsp3) is 0.409. The number of aromatic nitrogens is 2. The summed E-state index contributed by atoms with van der Waals surface area (Å²) in [4.78, 5) is 9.39. The van der Waals surface area contributed by atoms with E-state index < -0.39 is 10.0 Å². The fourth-order valence-corrected chi connectivity index (χ4v) is 6.23. The van der Waals surface area contributed by atoms with Crippen LogP contribution >= 0.6 is 0 Å². The van der Waals surface area contributed by atoms with Crippen LogP contribution in [0.25, 0.3) is 11.0 Å². The zero-order valence-corrected chi connectivity index (χ0v) is 18.1. The van der Waals surface area contributed by atoms with Gasteiger partial charge in [0, 0.05) is 43.5 Å². The largest absolute Gasteiger partial charge is 0.493 e. The van der Waals surface area contributed by atoms with E-state index in [0.29, 0.717) is 35.2 Å². The number of rotatable bonds is 4. The minimum Gasteiger partial charge on any atom is -0.493 e. The van der Waals surface area contributed by atoms with Gasteiger partial charge in [-0.05, 0) is 51.2 Å². The maximum Gasteiger partial charge on any atom is 0.268 e. The van der Waals surface area contributed by atoms with Crippen molar-refractivity contribution in [2.45, 2.75) is 30.2 Å². The van der Waals surface area contributed by atoms with Gasteiger partial charge in [0.2, 0.25) is 0 Å². The Labute approximate surface area is 176 Å². The summed E-state index contributed by atoms with van der Waals surface area (Å²) in [5, 5.41) is 0. The number of fused-ring (bicyclic) bond motifs is 2. The Morgan fingerprint density at radius 2 is 1.93 bits per heavy atom. The van der Waals surface area contributed by atoms with Crippen molar-refractivity contribution in [1.82, 2.24) is 13.9 Å². The molecule has 2 aliphatic heterocycles. The van der Waals surface area contributed by atoms with Crippen LogP contribution in [0.4, 0.5) is 5.69 Å². The molecule has 5 rings (SSSR count). The molecule has 2 aliphatic rings. The summed E-state index contributed by atoms with van der Waals surface area (Å²) < 4.78 is 34.4. The first kappa shape index (κ1) is 19.4. The minimum absolute atomic E-state index is 0.316. The molecule has 8 heteroatoms. The fourth-order valence-electron chi connectivity index (χ4n) is 4.61. The number of hydrogen-bond acceptors (Lipinski definition) is 6. The molecule has 0 spiro atoms. The second kappa shape index (κ2) is 7.28. The van der Waals surface area contributed by atoms with E-state index in [9.17, 15) is 8.42 Å². The lowest BCUT2D eigenvalue weighted by molar-refractivity contribution is 0.250. The topological polar surface area (TPSA) is 67.7 Å². The molecule has 0 amide bonds. The summed E-state index contributed by atoms with van der Waals surface area (Å²) in [5.74, 6) is 0.664. The predicted octanol–water partition coefficient (Wildman–Crippen LogP) is 2.74. The molecule has 2 aromatic heterocycles. The first-order chi connectivity index (χ1) is 14.5. The van der Waals surface area contributed by atoms with Gasteiger partial charge in [-0.15, -0.1) is 0 Å². The van der Waals surface area contributed by atoms with Crippen LogP contribution in [0.5, 0.6) is 5.75 Å². The summed E-state index contributed by atoms with van der Waals surface area (Å²) in [5.41, 5.74) is 2.98. The van der Waals surface area contributed by atoms with E-state index in [1.807, 2.05) is 12.1 Å². The van der Waals surface area contributed by atoms with Gasteiger partial charge in [-0.2, -0.15) is 0 Å². The van der Waals surface area contributed by atoms with Crippen LogP contribution in [0.15, 0.2) is 47.6 Å². The van der Waals surface area contributed by atoms with Crippen molar-refractivity contribution < 1.29 is 13.2 Å². The minimum atomic E-state index is -3.77. The number of pyridine rings is 1. The Bertz CT molecular complexity index is 1190. The lowest BCUT2D eigenvalue weighted by atomic mass is 10.0. The van der Waals surface area contributed by atoms with Crippen LogP contribution in [-0.4, -0.2) is 62.1 Å². The lowest BCUT2D eigenvalue weighted by Crippen LogP contribution is -2.42. The van der Waals surface area contributed by atoms with Crippen LogP contribution in [0, 0.1) is 0 Å². The third-order valence-corrected chi connectivity index (χ3v) is 8.04. The summed E-state index contributed by atoms with van der Waals surface area (Å²) in [7, 11) is 0.456. The predicted molar refractivity (Wildman–Crippen MR) is 117 cm³/mol. The van der Waals surface area contributed by atoms with Crippen molar-refractivity contribution in [3.05, 3.63) is 48.3 Å². The van der Waals surface area contributed by atoms with Crippen LogP contribution in [-0.2, 0) is 16.4 Å². The second-order valence-corrected chi connectivity index (χ2v) is 9.98. The standard InChI is InChI=1S/C22H26N4O3S/c1-24(2)16-8-12-25(13-9-16)19-15-26(18-5-4-11-23-22(18)19)30(27,28)21-7-3-6-20-17(21)10-14-29-20/h3-7,11,15-16H,8-10,12-14H2,1-2H3. The quantitative estimate of drug-likeness (QED) is 0.639. The molecule has 0 aliphatic carbocycles. The average Bonchev–Trinajstić information content (AvgIpc) is 3.38. The monoisotopic (exact) mass is 426 g/mol. The highest BCUT2D eigenvalue weighted by molar-refractivity contribution is 7.90. The smallest absolute Gasteiger partial charge is 0.268 e. The molecule has 0 atom stereocenters. The summed E-state index contributed by atoms with van der Waals surface area (Å²) in [6, 6.07) is 9.42. The maximum atomic E-state index is 13.7. The highest BCUT2D eigenvalue weighted by Crippen LogP contribution is 2.36. The van der Waals surface area contributed by atoms with Gasteiger partial charge in [0.05, 0.1) is 22.7 Å². The van der Waals surface area contributed by atoms with E-state index >= 15 is 0 Å². The van der Waals surface area contributed by atoms with Gasteiger partial charge in [-0.3, -0.25) is 4.98 Å². The van der Waals surface area contributed by atoms with E-state index in [4.69, 9.17) is 4.74 Å². The van der Waals surface area contributed by atoms with Crippen LogP contribution in [0.3, 0.4) is 0 Å². The third-order valence-electron chi connectivity index (χ3n) is 6.28. The number of hydrogen-bond donors (Lipinski definition) is 0. The number of nitrogens with zero attached hydrogens (tertiary/aromatic N) is 4. The Morgan fingerprint density at radius 1 is 1.13 bits per heavy atom. The molecule has 3 aromatic rings. The Balaban J connectivity index is 1.59. The van der Waals surface area contributed by atoms with Gasteiger partial charge in [0.15, 0.2) is 0 Å². The highest BCUT2D eigenvalue weighted by atomic mass is 32.2. The van der Waals surface area contributed by atoms with E-state index in [-0.39, 0.29) is 0 Å². The number of benzene rings is 1. The van der Waals surface area contributed by atoms with Crippen molar-refractivity contribution in [2.75, 3.05) is 38.7 Å². The number of ether oxygens (including phenoxy) is 1. The lowest BCUT2D eigenvalue weighted by Gasteiger charge is -2.36. The van der Waals surface area contributed by atoms with Crippen LogP contribution in [0.1, 0.15) is 18.4 Å². The van der Waals surface area contributed by atoms with Crippen molar-refractivity contribution in [1.29, 1.82) is 0 Å². The Morgan fingerprint density at radius 3 is 2.70 bits per heavy atom. The van der Waals surface area contributed by atoms with E-state index in [2.05, 4.69) is 28.9 Å². The molecule has 158 valence electrons. The zero-order chi connectivity index (χ0) is 20.9. The summed E-state index contributed by atoms with van der Waals surface area (Å²) in [6.45, 7) is 2.28. The van der Waals surface area contributed by atoms with Gasteiger partial charge < -0.3 is 14.5 Å². The van der Waals surface area contributed by atoms with Crippen molar-refractivity contribution in [2.24, 2.45) is 0 Å². The van der Waals surface area contributed by atoms with E-state index in [1.54, 1.807) is 30.6 Å². The molecule has 0 radical (unpaired) electrons. The first-order valence-corrected chi connectivity index (χ1v) is 11.8. The van der Waals surface area contributed by atoms with Crippen molar-refractivity contribution in [3.63, 3.8) is 0 Å². The molecule has 0 saturated carbocycles. The Hall–Kier alpha value is -2.58. The van der Waals surface area contributed by atoms with Crippen LogP contribution < -0.4 is 9.64 Å².